The first-order chi connectivity index (χ1) is 13.0. The van der Waals surface area contributed by atoms with Gasteiger partial charge in [-0.25, -0.2) is 9.59 Å². The highest BCUT2D eigenvalue weighted by molar-refractivity contribution is 5.99. The third-order valence-corrected chi connectivity index (χ3v) is 4.82. The van der Waals surface area contributed by atoms with Crippen LogP contribution in [0.5, 0.6) is 0 Å². The minimum absolute atomic E-state index is 0.0273. The molecule has 10 nitrogen and oxygen atoms in total. The molecule has 2 saturated heterocycles. The Morgan fingerprint density at radius 1 is 1.30 bits per heavy atom. The number of ether oxygens (including phenoxy) is 3. The quantitative estimate of drug-likeness (QED) is 0.327. The van der Waals surface area contributed by atoms with E-state index in [1.165, 1.54) is 29.2 Å². The number of nitro groups is 1. The van der Waals surface area contributed by atoms with E-state index in [0.29, 0.717) is 12.0 Å². The van der Waals surface area contributed by atoms with Crippen molar-refractivity contribution < 1.29 is 33.5 Å². The fourth-order valence-corrected chi connectivity index (χ4v) is 3.49. The lowest BCUT2D eigenvalue weighted by Crippen LogP contribution is -2.62. The molecule has 3 unspecified atom stereocenters. The highest BCUT2D eigenvalue weighted by Crippen LogP contribution is 2.42. The summed E-state index contributed by atoms with van der Waals surface area (Å²) in [5, 5.41) is 10.6. The summed E-state index contributed by atoms with van der Waals surface area (Å²) in [4.78, 5) is 47.2. The molecule has 0 N–H and O–H groups in total. The van der Waals surface area contributed by atoms with Crippen LogP contribution < -0.4 is 0 Å². The van der Waals surface area contributed by atoms with Crippen LogP contribution in [-0.2, 0) is 30.4 Å². The van der Waals surface area contributed by atoms with Crippen LogP contribution in [0.25, 0.3) is 0 Å². The summed E-state index contributed by atoms with van der Waals surface area (Å²) in [6.07, 6.45) is 0.667. The first-order valence-corrected chi connectivity index (χ1v) is 8.23. The maximum atomic E-state index is 12.4. The smallest absolute Gasteiger partial charge is 0.456 e. The Morgan fingerprint density at radius 2 is 2.04 bits per heavy atom. The van der Waals surface area contributed by atoms with Gasteiger partial charge < -0.3 is 19.1 Å². The number of non-ortho nitro benzene ring substituents is 1. The molecule has 1 amide bonds. The Morgan fingerprint density at radius 3 is 2.67 bits per heavy atom. The van der Waals surface area contributed by atoms with E-state index in [9.17, 15) is 24.5 Å². The number of hydrogen-bond acceptors (Lipinski definition) is 8. The number of fused-ring (bicyclic) bond motifs is 1. The lowest BCUT2D eigenvalue weighted by atomic mass is 9.83. The summed E-state index contributed by atoms with van der Waals surface area (Å²) in [6, 6.07) is 5.39. The van der Waals surface area contributed by atoms with Gasteiger partial charge in [0.25, 0.3) is 5.69 Å². The SMILES string of the molecule is O=C1OCC(C2C(=O)N3C(C(=O)OCc4ccc([N+](=O)[O-])cc4)=CCC23)O1. The van der Waals surface area contributed by atoms with Crippen molar-refractivity contribution in [1.29, 1.82) is 0 Å². The fourth-order valence-electron chi connectivity index (χ4n) is 3.49. The summed E-state index contributed by atoms with van der Waals surface area (Å²) in [7, 11) is 0. The number of β-lactam (4-membered cyclic amide) rings is 1. The monoisotopic (exact) mass is 374 g/mol. The Balaban J connectivity index is 1.34. The van der Waals surface area contributed by atoms with Crippen molar-refractivity contribution in [3.63, 3.8) is 0 Å². The van der Waals surface area contributed by atoms with Crippen molar-refractivity contribution in [2.24, 2.45) is 5.92 Å². The fraction of sp³-hybridized carbons (Fsp3) is 0.353. The Bertz CT molecular complexity index is 862. The number of esters is 1. The maximum Gasteiger partial charge on any atom is 0.508 e. The van der Waals surface area contributed by atoms with Crippen molar-refractivity contribution in [2.45, 2.75) is 25.2 Å². The van der Waals surface area contributed by atoms with E-state index in [2.05, 4.69) is 0 Å². The Kier molecular flexibility index (Phi) is 4.02. The molecule has 0 radical (unpaired) electrons. The molecule has 1 aromatic rings. The largest absolute Gasteiger partial charge is 0.508 e. The van der Waals surface area contributed by atoms with E-state index in [1.807, 2.05) is 0 Å². The van der Waals surface area contributed by atoms with E-state index in [4.69, 9.17) is 14.2 Å². The van der Waals surface area contributed by atoms with Gasteiger partial charge in [0.15, 0.2) is 6.10 Å². The molecule has 3 heterocycles. The molecule has 2 fully saturated rings. The predicted molar refractivity (Wildman–Crippen MR) is 85.9 cm³/mol. The summed E-state index contributed by atoms with van der Waals surface area (Å²) in [5.74, 6) is -1.48. The summed E-state index contributed by atoms with van der Waals surface area (Å²) < 4.78 is 14.9. The third kappa shape index (κ3) is 2.88. The van der Waals surface area contributed by atoms with Gasteiger partial charge in [0.1, 0.15) is 24.8 Å². The van der Waals surface area contributed by atoms with Gasteiger partial charge in [0, 0.05) is 12.1 Å². The molecule has 3 atom stereocenters. The molecule has 0 spiro atoms. The molecule has 0 aromatic heterocycles. The normalized spacial score (nSPS) is 25.9. The molecular weight excluding hydrogens is 360 g/mol. The van der Waals surface area contributed by atoms with Gasteiger partial charge in [-0.15, -0.1) is 0 Å². The first-order valence-electron chi connectivity index (χ1n) is 8.23. The summed E-state index contributed by atoms with van der Waals surface area (Å²) in [6.45, 7) is -0.0438. The van der Waals surface area contributed by atoms with Crippen molar-refractivity contribution in [3.8, 4) is 0 Å². The molecule has 4 rings (SSSR count). The van der Waals surface area contributed by atoms with E-state index in [-0.39, 0.29) is 36.5 Å². The van der Waals surface area contributed by atoms with Gasteiger partial charge in [0.05, 0.1) is 11.0 Å². The average Bonchev–Trinajstić information content (AvgIpc) is 3.24. The number of cyclic esters (lactones) is 2. The lowest BCUT2D eigenvalue weighted by Gasteiger charge is -2.44. The second kappa shape index (κ2) is 6.38. The highest BCUT2D eigenvalue weighted by atomic mass is 16.8. The molecule has 10 heteroatoms. The lowest BCUT2D eigenvalue weighted by molar-refractivity contribution is -0.384. The zero-order valence-corrected chi connectivity index (χ0v) is 13.9. The van der Waals surface area contributed by atoms with Gasteiger partial charge in [-0.1, -0.05) is 6.08 Å². The molecule has 0 aliphatic carbocycles. The minimum Gasteiger partial charge on any atom is -0.456 e. The number of benzene rings is 1. The standard InChI is InChI=1S/C17H14N2O8/c20-15-14(13-8-26-17(22)27-13)11-5-6-12(18(11)15)16(21)25-7-9-1-3-10(4-2-9)19(23)24/h1-4,6,11,13-14H,5,7-8H2. The third-order valence-electron chi connectivity index (χ3n) is 4.82. The van der Waals surface area contributed by atoms with Crippen LogP contribution in [0.2, 0.25) is 0 Å². The van der Waals surface area contributed by atoms with E-state index in [1.54, 1.807) is 6.08 Å². The topological polar surface area (TPSA) is 125 Å². The number of carbonyl (C=O) groups is 3. The molecular formula is C17H14N2O8. The molecule has 0 bridgehead atoms. The van der Waals surface area contributed by atoms with E-state index >= 15 is 0 Å². The second-order valence-corrected chi connectivity index (χ2v) is 6.34. The molecule has 140 valence electrons. The molecule has 3 aliphatic heterocycles. The maximum absolute atomic E-state index is 12.4. The van der Waals surface area contributed by atoms with Crippen LogP contribution >= 0.6 is 0 Å². The van der Waals surface area contributed by atoms with Gasteiger partial charge in [-0.2, -0.15) is 0 Å². The van der Waals surface area contributed by atoms with Gasteiger partial charge >= 0.3 is 12.1 Å². The van der Waals surface area contributed by atoms with Crippen molar-refractivity contribution >= 4 is 23.7 Å². The van der Waals surface area contributed by atoms with Gasteiger partial charge in [-0.3, -0.25) is 14.9 Å². The van der Waals surface area contributed by atoms with E-state index < -0.39 is 29.1 Å². The number of nitro benzene ring substituents is 1. The van der Waals surface area contributed by atoms with Gasteiger partial charge in [-0.05, 0) is 24.1 Å². The van der Waals surface area contributed by atoms with Crippen LogP contribution in [0, 0.1) is 16.0 Å². The van der Waals surface area contributed by atoms with Crippen LogP contribution in [0.4, 0.5) is 10.5 Å². The zero-order chi connectivity index (χ0) is 19.1. The molecule has 27 heavy (non-hydrogen) atoms. The first kappa shape index (κ1) is 17.0. The molecule has 0 saturated carbocycles. The Labute approximate surface area is 152 Å². The highest BCUT2D eigenvalue weighted by Gasteiger charge is 2.58. The number of amides is 1. The predicted octanol–water partition coefficient (Wildman–Crippen LogP) is 1.29. The number of nitrogens with zero attached hydrogens (tertiary/aromatic N) is 2. The van der Waals surface area contributed by atoms with Crippen LogP contribution in [0.1, 0.15) is 12.0 Å². The number of carbonyl (C=O) groups excluding carboxylic acids is 3. The molecule has 1 aromatic carbocycles. The minimum atomic E-state index is -0.792. The zero-order valence-electron chi connectivity index (χ0n) is 13.9. The van der Waals surface area contributed by atoms with Gasteiger partial charge in [0.2, 0.25) is 5.91 Å². The summed E-state index contributed by atoms with van der Waals surface area (Å²) in [5.41, 5.74) is 0.695. The van der Waals surface area contributed by atoms with Crippen molar-refractivity contribution in [3.05, 3.63) is 51.7 Å². The second-order valence-electron chi connectivity index (χ2n) is 6.34. The summed E-state index contributed by atoms with van der Waals surface area (Å²) >= 11 is 0. The van der Waals surface area contributed by atoms with Crippen molar-refractivity contribution in [2.75, 3.05) is 6.61 Å². The van der Waals surface area contributed by atoms with Crippen LogP contribution in [-0.4, -0.2) is 46.6 Å². The van der Waals surface area contributed by atoms with Crippen LogP contribution in [0.3, 0.4) is 0 Å². The number of hydrogen-bond donors (Lipinski definition) is 0. The van der Waals surface area contributed by atoms with E-state index in [0.717, 1.165) is 0 Å². The molecule has 3 aliphatic rings. The Hall–Kier alpha value is -3.43. The van der Waals surface area contributed by atoms with Crippen LogP contribution in [0.15, 0.2) is 36.0 Å². The number of rotatable bonds is 5. The average molecular weight is 374 g/mol. The van der Waals surface area contributed by atoms with Crippen molar-refractivity contribution in [1.82, 2.24) is 4.90 Å².